The van der Waals surface area contributed by atoms with Crippen molar-refractivity contribution in [2.24, 2.45) is 0 Å². The van der Waals surface area contributed by atoms with Crippen LogP contribution in [0.4, 0.5) is 13.2 Å². The van der Waals surface area contributed by atoms with E-state index < -0.39 is 27.2 Å². The number of benzene rings is 3. The molecule has 0 aromatic heterocycles. The lowest BCUT2D eigenvalue weighted by Crippen LogP contribution is -2.28. The molecule has 3 rings (SSSR count). The van der Waals surface area contributed by atoms with Gasteiger partial charge in [0.2, 0.25) is 0 Å². The van der Waals surface area contributed by atoms with Crippen molar-refractivity contribution in [1.82, 2.24) is 0 Å². The van der Waals surface area contributed by atoms with Crippen LogP contribution in [0.5, 0.6) is 5.75 Å². The fourth-order valence-electron chi connectivity index (χ4n) is 2.48. The molecule has 0 heterocycles. The number of carbonyl (C=O) groups excluding carboxylic acids is 1. The van der Waals surface area contributed by atoms with Gasteiger partial charge in [-0.2, -0.15) is 21.6 Å². The number of hydrogen-bond acceptors (Lipinski definition) is 4. The molecule has 8 heteroatoms. The molecular formula is C18H11F3O4S. The number of alkyl halides is 3. The van der Waals surface area contributed by atoms with Gasteiger partial charge in [-0.1, -0.05) is 60.7 Å². The van der Waals surface area contributed by atoms with Crippen molar-refractivity contribution in [3.05, 3.63) is 77.9 Å². The quantitative estimate of drug-likeness (QED) is 0.385. The zero-order valence-corrected chi connectivity index (χ0v) is 13.8. The molecule has 26 heavy (non-hydrogen) atoms. The molecule has 0 amide bonds. The molecule has 0 radical (unpaired) electrons. The summed E-state index contributed by atoms with van der Waals surface area (Å²) in [6, 6.07) is 16.6. The minimum atomic E-state index is -5.86. The van der Waals surface area contributed by atoms with Crippen molar-refractivity contribution in [3.63, 3.8) is 0 Å². The van der Waals surface area contributed by atoms with Crippen molar-refractivity contribution in [2.75, 3.05) is 0 Å². The van der Waals surface area contributed by atoms with Crippen LogP contribution in [0.25, 0.3) is 10.8 Å². The molecule has 134 valence electrons. The molecule has 0 bridgehead atoms. The van der Waals surface area contributed by atoms with Gasteiger partial charge >= 0.3 is 15.6 Å². The predicted molar refractivity (Wildman–Crippen MR) is 89.4 cm³/mol. The average molecular weight is 380 g/mol. The standard InChI is InChI=1S/C18H11F3O4S/c19-18(20,21)26(23,24)25-15-11-5-9-12-8-4-10-14(16(12)15)17(22)13-6-2-1-3-7-13/h1-11H. The lowest BCUT2D eigenvalue weighted by molar-refractivity contribution is -0.0499. The van der Waals surface area contributed by atoms with Crippen LogP contribution >= 0.6 is 0 Å². The molecular weight excluding hydrogens is 369 g/mol. The summed E-state index contributed by atoms with van der Waals surface area (Å²) in [7, 11) is -5.86. The van der Waals surface area contributed by atoms with Crippen LogP contribution in [-0.4, -0.2) is 19.7 Å². The van der Waals surface area contributed by atoms with Crippen molar-refractivity contribution in [1.29, 1.82) is 0 Å². The minimum absolute atomic E-state index is 0.00308. The van der Waals surface area contributed by atoms with Crippen molar-refractivity contribution in [3.8, 4) is 5.75 Å². The fraction of sp³-hybridized carbons (Fsp3) is 0.0556. The summed E-state index contributed by atoms with van der Waals surface area (Å²) in [5.41, 5.74) is -5.22. The van der Waals surface area contributed by atoms with E-state index in [1.807, 2.05) is 0 Å². The first-order valence-electron chi connectivity index (χ1n) is 7.33. The van der Waals surface area contributed by atoms with Gasteiger partial charge in [-0.15, -0.1) is 0 Å². The van der Waals surface area contributed by atoms with Gasteiger partial charge in [-0.05, 0) is 11.5 Å². The van der Waals surface area contributed by atoms with Crippen LogP contribution in [-0.2, 0) is 10.1 Å². The van der Waals surface area contributed by atoms with E-state index >= 15 is 0 Å². The molecule has 0 atom stereocenters. The highest BCUT2D eigenvalue weighted by Gasteiger charge is 2.48. The average Bonchev–Trinajstić information content (AvgIpc) is 2.60. The molecule has 4 nitrogen and oxygen atoms in total. The third kappa shape index (κ3) is 3.28. The number of ketones is 1. The van der Waals surface area contributed by atoms with Crippen LogP contribution in [0.15, 0.2) is 66.7 Å². The Kier molecular flexibility index (Phi) is 4.45. The van der Waals surface area contributed by atoms with Gasteiger partial charge in [0.05, 0.1) is 0 Å². The molecule has 0 aliphatic carbocycles. The number of fused-ring (bicyclic) bond motifs is 1. The minimum Gasteiger partial charge on any atom is -0.375 e. The molecule has 0 aliphatic rings. The summed E-state index contributed by atoms with van der Waals surface area (Å²) in [6.45, 7) is 0. The number of carbonyl (C=O) groups is 1. The van der Waals surface area contributed by atoms with E-state index in [9.17, 15) is 26.4 Å². The summed E-state index contributed by atoms with van der Waals surface area (Å²) in [5.74, 6) is -1.02. The number of halogens is 3. The molecule has 0 saturated heterocycles. The normalized spacial score (nSPS) is 12.1. The second-order valence-electron chi connectivity index (χ2n) is 5.34. The third-order valence-electron chi connectivity index (χ3n) is 3.63. The molecule has 0 aliphatic heterocycles. The summed E-state index contributed by atoms with van der Waals surface area (Å²) in [4.78, 5) is 12.7. The van der Waals surface area contributed by atoms with E-state index in [4.69, 9.17) is 0 Å². The van der Waals surface area contributed by atoms with Crippen LogP contribution in [0, 0.1) is 0 Å². The fourth-order valence-corrected chi connectivity index (χ4v) is 2.95. The lowest BCUT2D eigenvalue weighted by Gasteiger charge is -2.13. The summed E-state index contributed by atoms with van der Waals surface area (Å²) in [5, 5.41) is 0.373. The summed E-state index contributed by atoms with van der Waals surface area (Å²) >= 11 is 0. The Hall–Kier alpha value is -2.87. The summed E-state index contributed by atoms with van der Waals surface area (Å²) < 4.78 is 65.1. The van der Waals surface area contributed by atoms with Crippen LogP contribution < -0.4 is 4.18 Å². The lowest BCUT2D eigenvalue weighted by atomic mass is 9.97. The molecule has 0 saturated carbocycles. The number of hydrogen-bond donors (Lipinski definition) is 0. The van der Waals surface area contributed by atoms with Gasteiger partial charge in [0.15, 0.2) is 11.5 Å². The Balaban J connectivity index is 2.19. The molecule has 3 aromatic rings. The monoisotopic (exact) mass is 380 g/mol. The second-order valence-corrected chi connectivity index (χ2v) is 6.88. The Morgan fingerprint density at radius 3 is 2.08 bits per heavy atom. The zero-order chi connectivity index (χ0) is 18.9. The van der Waals surface area contributed by atoms with Crippen LogP contribution in [0.2, 0.25) is 0 Å². The maximum absolute atomic E-state index is 12.7. The molecule has 0 spiro atoms. The SMILES string of the molecule is O=C(c1ccccc1)c1cccc2cccc(OS(=O)(=O)C(F)(F)F)c12. The number of rotatable bonds is 4. The van der Waals surface area contributed by atoms with Gasteiger partial charge in [-0.25, -0.2) is 0 Å². The van der Waals surface area contributed by atoms with Gasteiger partial charge in [0, 0.05) is 16.5 Å². The molecule has 0 unspecified atom stereocenters. The van der Waals surface area contributed by atoms with E-state index in [1.165, 1.54) is 12.1 Å². The van der Waals surface area contributed by atoms with Crippen molar-refractivity contribution < 1.29 is 30.6 Å². The Morgan fingerprint density at radius 2 is 1.46 bits per heavy atom. The smallest absolute Gasteiger partial charge is 0.375 e. The zero-order valence-electron chi connectivity index (χ0n) is 13.0. The Bertz CT molecular complexity index is 1070. The molecule has 3 aromatic carbocycles. The van der Waals surface area contributed by atoms with Gasteiger partial charge in [0.1, 0.15) is 0 Å². The second kappa shape index (κ2) is 6.45. The van der Waals surface area contributed by atoms with Gasteiger partial charge in [-0.3, -0.25) is 4.79 Å². The largest absolute Gasteiger partial charge is 0.534 e. The van der Waals surface area contributed by atoms with Crippen LogP contribution in [0.3, 0.4) is 0 Å². The first-order chi connectivity index (χ1) is 12.2. The highest BCUT2D eigenvalue weighted by Crippen LogP contribution is 2.34. The van der Waals surface area contributed by atoms with Gasteiger partial charge < -0.3 is 4.18 Å². The van der Waals surface area contributed by atoms with E-state index in [-0.39, 0.29) is 10.9 Å². The highest BCUT2D eigenvalue weighted by atomic mass is 32.2. The Labute approximate surface area is 147 Å². The van der Waals surface area contributed by atoms with Crippen LogP contribution in [0.1, 0.15) is 15.9 Å². The maximum atomic E-state index is 12.7. The maximum Gasteiger partial charge on any atom is 0.534 e. The predicted octanol–water partition coefficient (Wildman–Crippen LogP) is 4.30. The first-order valence-corrected chi connectivity index (χ1v) is 8.74. The van der Waals surface area contributed by atoms with E-state index in [0.29, 0.717) is 10.9 Å². The van der Waals surface area contributed by atoms with E-state index in [0.717, 1.165) is 6.07 Å². The van der Waals surface area contributed by atoms with E-state index in [2.05, 4.69) is 4.18 Å². The van der Waals surface area contributed by atoms with Crippen molar-refractivity contribution >= 4 is 26.7 Å². The highest BCUT2D eigenvalue weighted by molar-refractivity contribution is 7.88. The molecule has 0 fully saturated rings. The van der Waals surface area contributed by atoms with Gasteiger partial charge in [0.25, 0.3) is 0 Å². The topological polar surface area (TPSA) is 60.4 Å². The van der Waals surface area contributed by atoms with Crippen molar-refractivity contribution in [2.45, 2.75) is 5.51 Å². The summed E-state index contributed by atoms with van der Waals surface area (Å²) in [6.07, 6.45) is 0. The Morgan fingerprint density at radius 1 is 0.846 bits per heavy atom. The molecule has 0 N–H and O–H groups in total. The first kappa shape index (κ1) is 17.9. The van der Waals surface area contributed by atoms with E-state index in [1.54, 1.807) is 48.5 Å². The third-order valence-corrected chi connectivity index (χ3v) is 4.60.